The van der Waals surface area contributed by atoms with E-state index in [1.807, 2.05) is 31.2 Å². The van der Waals surface area contributed by atoms with Crippen LogP contribution in [0.2, 0.25) is 0 Å². The van der Waals surface area contributed by atoms with Crippen LogP contribution in [0.5, 0.6) is 17.2 Å². The van der Waals surface area contributed by atoms with Crippen LogP contribution < -0.4 is 25.2 Å². The molecular weight excluding hydrogens is 386 g/mol. The predicted octanol–water partition coefficient (Wildman–Crippen LogP) is 2.96. The summed E-state index contributed by atoms with van der Waals surface area (Å²) in [5, 5.41) is 14.3. The Morgan fingerprint density at radius 2 is 1.80 bits per heavy atom. The summed E-state index contributed by atoms with van der Waals surface area (Å²) in [6.45, 7) is 4.67. The number of benzene rings is 2. The first-order valence-electron chi connectivity index (χ1n) is 9.69. The Bertz CT molecular complexity index is 1080. The van der Waals surface area contributed by atoms with Crippen molar-refractivity contribution in [2.24, 2.45) is 0 Å². The van der Waals surface area contributed by atoms with Gasteiger partial charge in [-0.15, -0.1) is 0 Å². The van der Waals surface area contributed by atoms with Crippen LogP contribution in [-0.4, -0.2) is 38.6 Å². The number of hydrogen-bond donors (Lipinski definition) is 2. The van der Waals surface area contributed by atoms with Crippen molar-refractivity contribution in [3.8, 4) is 17.2 Å². The summed E-state index contributed by atoms with van der Waals surface area (Å²) in [4.78, 5) is 11.9. The summed E-state index contributed by atoms with van der Waals surface area (Å²) in [6, 6.07) is 11.0. The Balaban J connectivity index is 1.53. The molecule has 0 spiro atoms. The van der Waals surface area contributed by atoms with E-state index >= 15 is 0 Å². The van der Waals surface area contributed by atoms with Crippen molar-refractivity contribution in [1.29, 1.82) is 0 Å². The van der Waals surface area contributed by atoms with Crippen molar-refractivity contribution >= 4 is 11.0 Å². The third-order valence-corrected chi connectivity index (χ3v) is 5.03. The maximum absolute atomic E-state index is 11.9. The highest BCUT2D eigenvalue weighted by atomic mass is 16.5. The molecule has 160 valence electrons. The van der Waals surface area contributed by atoms with Crippen molar-refractivity contribution in [2.45, 2.75) is 26.5 Å². The van der Waals surface area contributed by atoms with Crippen LogP contribution in [0.25, 0.3) is 11.0 Å². The first kappa shape index (κ1) is 21.7. The number of nitrogens with one attached hydrogen (secondary N) is 1. The summed E-state index contributed by atoms with van der Waals surface area (Å²) >= 11 is 0. The van der Waals surface area contributed by atoms with Crippen LogP contribution in [-0.2, 0) is 6.54 Å². The van der Waals surface area contributed by atoms with Gasteiger partial charge >= 0.3 is 5.63 Å². The maximum Gasteiger partial charge on any atom is 0.339 e. The molecular formula is C23H27NO6. The first-order valence-corrected chi connectivity index (χ1v) is 9.69. The lowest BCUT2D eigenvalue weighted by Gasteiger charge is -2.14. The lowest BCUT2D eigenvalue weighted by molar-refractivity contribution is 0.106. The highest BCUT2D eigenvalue weighted by molar-refractivity contribution is 5.82. The normalized spacial score (nSPS) is 12.0. The molecule has 0 bridgehead atoms. The minimum Gasteiger partial charge on any atom is -0.493 e. The van der Waals surface area contributed by atoms with Gasteiger partial charge in [-0.1, -0.05) is 6.07 Å². The number of rotatable bonds is 9. The number of aliphatic hydroxyl groups excluding tert-OH is 1. The van der Waals surface area contributed by atoms with E-state index in [1.165, 1.54) is 0 Å². The second-order valence-corrected chi connectivity index (χ2v) is 7.08. The number of hydrogen-bond acceptors (Lipinski definition) is 7. The zero-order valence-corrected chi connectivity index (χ0v) is 17.7. The Morgan fingerprint density at radius 1 is 1.03 bits per heavy atom. The molecule has 0 radical (unpaired) electrons. The molecule has 7 nitrogen and oxygen atoms in total. The summed E-state index contributed by atoms with van der Waals surface area (Å²) in [7, 11) is 3.19. The third kappa shape index (κ3) is 4.93. The van der Waals surface area contributed by atoms with E-state index in [0.717, 1.165) is 16.5 Å². The van der Waals surface area contributed by atoms with Gasteiger partial charge in [-0.25, -0.2) is 4.79 Å². The maximum atomic E-state index is 11.9. The molecule has 1 heterocycles. The summed E-state index contributed by atoms with van der Waals surface area (Å²) < 4.78 is 21.5. The molecule has 2 N–H and O–H groups in total. The van der Waals surface area contributed by atoms with Gasteiger partial charge in [-0.05, 0) is 49.2 Å². The summed E-state index contributed by atoms with van der Waals surface area (Å²) in [5.41, 5.74) is 2.63. The van der Waals surface area contributed by atoms with Crippen LogP contribution in [0.4, 0.5) is 0 Å². The second kappa shape index (κ2) is 9.65. The molecule has 0 unspecified atom stereocenters. The molecule has 2 aromatic carbocycles. The fourth-order valence-corrected chi connectivity index (χ4v) is 3.14. The molecule has 0 fully saturated rings. The average Bonchev–Trinajstić information content (AvgIpc) is 2.75. The monoisotopic (exact) mass is 413 g/mol. The Labute approximate surface area is 175 Å². The van der Waals surface area contributed by atoms with Gasteiger partial charge in [0.25, 0.3) is 0 Å². The molecule has 0 aliphatic rings. The van der Waals surface area contributed by atoms with Gasteiger partial charge in [0.2, 0.25) is 0 Å². The first-order chi connectivity index (χ1) is 14.4. The van der Waals surface area contributed by atoms with Gasteiger partial charge in [-0.2, -0.15) is 0 Å². The van der Waals surface area contributed by atoms with Crippen molar-refractivity contribution in [3.05, 3.63) is 63.5 Å². The zero-order valence-electron chi connectivity index (χ0n) is 17.7. The molecule has 0 aliphatic heterocycles. The smallest absolute Gasteiger partial charge is 0.339 e. The quantitative estimate of drug-likeness (QED) is 0.521. The van der Waals surface area contributed by atoms with E-state index in [1.54, 1.807) is 33.3 Å². The van der Waals surface area contributed by atoms with Crippen LogP contribution >= 0.6 is 0 Å². The van der Waals surface area contributed by atoms with E-state index in [9.17, 15) is 9.90 Å². The van der Waals surface area contributed by atoms with Crippen molar-refractivity contribution < 1.29 is 23.7 Å². The van der Waals surface area contributed by atoms with Gasteiger partial charge in [0.05, 0.1) is 14.2 Å². The second-order valence-electron chi connectivity index (χ2n) is 7.08. The van der Waals surface area contributed by atoms with E-state index in [2.05, 4.69) is 5.32 Å². The molecule has 1 aromatic heterocycles. The SMILES string of the molecule is COc1ccc(CNC[C@H](O)COc2ccc3c(C)c(C)c(=O)oc3c2)cc1OC. The summed E-state index contributed by atoms with van der Waals surface area (Å²) in [6.07, 6.45) is -0.701. The standard InChI is InChI=1S/C23H27NO6/c1-14-15(2)23(26)30-21-10-18(6-7-19(14)21)29-13-17(25)12-24-11-16-5-8-20(27-3)22(9-16)28-4/h5-10,17,24-25H,11-13H2,1-4H3/t17-/m0/s1. The summed E-state index contributed by atoms with van der Waals surface area (Å²) in [5.74, 6) is 1.87. The van der Waals surface area contributed by atoms with Gasteiger partial charge in [0, 0.05) is 30.1 Å². The van der Waals surface area contributed by atoms with E-state index < -0.39 is 6.10 Å². The number of methoxy groups -OCH3 is 2. The highest BCUT2D eigenvalue weighted by Gasteiger charge is 2.10. The average molecular weight is 413 g/mol. The molecule has 0 saturated heterocycles. The molecule has 0 aliphatic carbocycles. The molecule has 0 amide bonds. The zero-order chi connectivity index (χ0) is 21.7. The van der Waals surface area contributed by atoms with E-state index in [0.29, 0.717) is 41.5 Å². The molecule has 3 aromatic rings. The Hall–Kier alpha value is -3.03. The predicted molar refractivity (Wildman–Crippen MR) is 115 cm³/mol. The van der Waals surface area contributed by atoms with Gasteiger partial charge < -0.3 is 29.1 Å². The lowest BCUT2D eigenvalue weighted by Crippen LogP contribution is -2.31. The number of ether oxygens (including phenoxy) is 3. The van der Waals surface area contributed by atoms with Gasteiger partial charge in [0.1, 0.15) is 24.0 Å². The van der Waals surface area contributed by atoms with E-state index in [-0.39, 0.29) is 12.2 Å². The molecule has 1 atom stereocenters. The number of fused-ring (bicyclic) bond motifs is 1. The van der Waals surface area contributed by atoms with Crippen molar-refractivity contribution in [1.82, 2.24) is 5.32 Å². The van der Waals surface area contributed by atoms with Crippen LogP contribution in [0.3, 0.4) is 0 Å². The number of aryl methyl sites for hydroxylation is 1. The van der Waals surface area contributed by atoms with Crippen LogP contribution in [0.1, 0.15) is 16.7 Å². The van der Waals surface area contributed by atoms with Crippen LogP contribution in [0.15, 0.2) is 45.6 Å². The molecule has 30 heavy (non-hydrogen) atoms. The minimum atomic E-state index is -0.701. The van der Waals surface area contributed by atoms with Crippen molar-refractivity contribution in [2.75, 3.05) is 27.4 Å². The topological polar surface area (TPSA) is 90.2 Å². The lowest BCUT2D eigenvalue weighted by atomic mass is 10.1. The fourth-order valence-electron chi connectivity index (χ4n) is 3.14. The minimum absolute atomic E-state index is 0.111. The van der Waals surface area contributed by atoms with Crippen molar-refractivity contribution in [3.63, 3.8) is 0 Å². The van der Waals surface area contributed by atoms with Crippen LogP contribution in [0, 0.1) is 13.8 Å². The largest absolute Gasteiger partial charge is 0.493 e. The molecule has 3 rings (SSSR count). The number of aliphatic hydroxyl groups is 1. The highest BCUT2D eigenvalue weighted by Crippen LogP contribution is 2.27. The Kier molecular flexibility index (Phi) is 6.97. The molecule has 0 saturated carbocycles. The van der Waals surface area contributed by atoms with Gasteiger partial charge in [-0.3, -0.25) is 0 Å². The Morgan fingerprint density at radius 3 is 2.53 bits per heavy atom. The van der Waals surface area contributed by atoms with E-state index in [4.69, 9.17) is 18.6 Å². The molecule has 7 heteroatoms. The fraction of sp³-hybridized carbons (Fsp3) is 0.348. The third-order valence-electron chi connectivity index (χ3n) is 5.03. The van der Waals surface area contributed by atoms with Gasteiger partial charge in [0.15, 0.2) is 11.5 Å².